The molecule has 0 spiro atoms. The van der Waals surface area contributed by atoms with Crippen LogP contribution in [0.25, 0.3) is 0 Å². The van der Waals surface area contributed by atoms with Crippen LogP contribution >= 0.6 is 0 Å². The lowest BCUT2D eigenvalue weighted by Gasteiger charge is -2.42. The van der Waals surface area contributed by atoms with Gasteiger partial charge >= 0.3 is 12.1 Å². The lowest BCUT2D eigenvalue weighted by atomic mass is 9.99. The quantitative estimate of drug-likeness (QED) is 0.710. The van der Waals surface area contributed by atoms with Gasteiger partial charge in [0.05, 0.1) is 18.7 Å². The molecule has 5 nitrogen and oxygen atoms in total. The summed E-state index contributed by atoms with van der Waals surface area (Å²) in [5, 5.41) is 3.22. The molecular weight excluding hydrogens is 359 g/mol. The molecule has 0 aliphatic carbocycles. The molecule has 1 saturated heterocycles. The van der Waals surface area contributed by atoms with Gasteiger partial charge in [-0.05, 0) is 39.7 Å². The maximum atomic E-state index is 12.6. The van der Waals surface area contributed by atoms with E-state index in [4.69, 9.17) is 4.74 Å². The molecule has 8 heteroatoms. The van der Waals surface area contributed by atoms with Crippen molar-refractivity contribution in [1.29, 1.82) is 0 Å². The van der Waals surface area contributed by atoms with Gasteiger partial charge in [-0.15, -0.1) is 0 Å². The molecule has 0 saturated carbocycles. The number of rotatable bonds is 6. The summed E-state index contributed by atoms with van der Waals surface area (Å²) < 4.78 is 42.9. The van der Waals surface area contributed by atoms with E-state index in [-0.39, 0.29) is 12.6 Å². The highest BCUT2D eigenvalue weighted by molar-refractivity contribution is 5.94. The fourth-order valence-electron chi connectivity index (χ4n) is 3.64. The first-order valence-electron chi connectivity index (χ1n) is 9.28. The number of nitrogens with zero attached hydrogens (tertiary/aromatic N) is 2. The van der Waals surface area contributed by atoms with E-state index in [0.717, 1.165) is 11.4 Å². The van der Waals surface area contributed by atoms with Crippen LogP contribution in [0.3, 0.4) is 0 Å². The average molecular weight is 387 g/mol. The second-order valence-electron chi connectivity index (χ2n) is 6.81. The molecular formula is C19H28F3N3O2. The highest BCUT2D eigenvalue weighted by Crippen LogP contribution is 2.29. The van der Waals surface area contributed by atoms with Crippen LogP contribution in [0.15, 0.2) is 35.3 Å². The van der Waals surface area contributed by atoms with E-state index in [1.807, 2.05) is 13.8 Å². The number of esters is 1. The maximum Gasteiger partial charge on any atom is 0.401 e. The summed E-state index contributed by atoms with van der Waals surface area (Å²) >= 11 is 0. The number of carbonyl (C=O) groups excluding carboxylic acids is 1. The minimum Gasteiger partial charge on any atom is -0.462 e. The van der Waals surface area contributed by atoms with Crippen molar-refractivity contribution in [2.45, 2.75) is 45.8 Å². The molecule has 2 heterocycles. The number of likely N-dealkylation sites (tertiary alicyclic amines) is 1. The first-order valence-corrected chi connectivity index (χ1v) is 9.28. The van der Waals surface area contributed by atoms with Crippen LogP contribution in [-0.2, 0) is 9.53 Å². The number of carbonyl (C=O) groups is 1. The first-order chi connectivity index (χ1) is 12.7. The van der Waals surface area contributed by atoms with Gasteiger partial charge in [-0.3, -0.25) is 4.90 Å². The van der Waals surface area contributed by atoms with Gasteiger partial charge in [-0.25, -0.2) is 4.79 Å². The van der Waals surface area contributed by atoms with Gasteiger partial charge in [0.25, 0.3) is 0 Å². The van der Waals surface area contributed by atoms with Crippen molar-refractivity contribution in [2.75, 3.05) is 32.8 Å². The molecule has 0 amide bonds. The van der Waals surface area contributed by atoms with Crippen LogP contribution in [0.1, 0.15) is 33.6 Å². The molecule has 0 unspecified atom stereocenters. The number of hydrogen-bond donors (Lipinski definition) is 1. The number of nitrogens with one attached hydrogen (secondary N) is 1. The number of allylic oxidation sites excluding steroid dienone is 1. The molecule has 1 fully saturated rings. The normalized spacial score (nSPS) is 19.6. The summed E-state index contributed by atoms with van der Waals surface area (Å²) in [6.45, 7) is 10.4. The summed E-state index contributed by atoms with van der Waals surface area (Å²) in [4.78, 5) is 15.8. The molecule has 0 aromatic carbocycles. The third-order valence-electron chi connectivity index (χ3n) is 4.88. The maximum absolute atomic E-state index is 12.6. The molecule has 2 rings (SSSR count). The minimum atomic E-state index is -4.17. The van der Waals surface area contributed by atoms with Crippen LogP contribution in [0.2, 0.25) is 0 Å². The van der Waals surface area contributed by atoms with E-state index in [9.17, 15) is 18.0 Å². The zero-order valence-corrected chi connectivity index (χ0v) is 16.2. The smallest absolute Gasteiger partial charge is 0.401 e. The Morgan fingerprint density at radius 2 is 2.00 bits per heavy atom. The standard InChI is InChI=1S/C19H28F3N3O2/c1-5-25(15-7-9-24(10-8-15)12-19(20,21)22)17-14(4)16(11-13(3)23-17)18(26)27-6-2/h11,15,23H,3,5-10,12H2,1-2,4H3. The third kappa shape index (κ3) is 5.51. The second-order valence-corrected chi connectivity index (χ2v) is 6.81. The minimum absolute atomic E-state index is 0.103. The molecule has 0 bridgehead atoms. The van der Waals surface area contributed by atoms with Gasteiger partial charge in [0.15, 0.2) is 0 Å². The van der Waals surface area contributed by atoms with Gasteiger partial charge in [-0.1, -0.05) is 6.58 Å². The number of alkyl halides is 3. The van der Waals surface area contributed by atoms with Crippen molar-refractivity contribution in [3.63, 3.8) is 0 Å². The Labute approximate surface area is 158 Å². The van der Waals surface area contributed by atoms with Crippen LogP contribution in [0.5, 0.6) is 0 Å². The summed E-state index contributed by atoms with van der Waals surface area (Å²) in [6, 6.07) is 0.103. The van der Waals surface area contributed by atoms with Crippen molar-refractivity contribution in [3.8, 4) is 0 Å². The van der Waals surface area contributed by atoms with Crippen LogP contribution in [0, 0.1) is 0 Å². The summed E-state index contributed by atoms with van der Waals surface area (Å²) in [6.07, 6.45) is -1.24. The largest absolute Gasteiger partial charge is 0.462 e. The summed E-state index contributed by atoms with van der Waals surface area (Å²) in [5.74, 6) is 0.383. The Morgan fingerprint density at radius 3 is 2.52 bits per heavy atom. The predicted molar refractivity (Wildman–Crippen MR) is 97.6 cm³/mol. The number of piperidine rings is 1. The molecule has 2 aliphatic heterocycles. The SMILES string of the molecule is C=C1C=C(C(=O)OCC)C(C)=C(N(CC)C2CCN(CC(F)(F)F)CC2)N1. The molecule has 0 aromatic heterocycles. The zero-order valence-electron chi connectivity index (χ0n) is 16.2. The monoisotopic (exact) mass is 387 g/mol. The van der Waals surface area contributed by atoms with Crippen molar-refractivity contribution in [1.82, 2.24) is 15.1 Å². The van der Waals surface area contributed by atoms with E-state index >= 15 is 0 Å². The predicted octanol–water partition coefficient (Wildman–Crippen LogP) is 3.17. The second kappa shape index (κ2) is 8.82. The van der Waals surface area contributed by atoms with Crippen LogP contribution < -0.4 is 5.32 Å². The third-order valence-corrected chi connectivity index (χ3v) is 4.88. The molecule has 2 aliphatic rings. The van der Waals surface area contributed by atoms with Gasteiger partial charge < -0.3 is 15.0 Å². The van der Waals surface area contributed by atoms with Crippen molar-refractivity contribution >= 4 is 5.97 Å². The fraction of sp³-hybridized carbons (Fsp3) is 0.632. The number of hydrogen-bond acceptors (Lipinski definition) is 5. The lowest BCUT2D eigenvalue weighted by Crippen LogP contribution is -2.49. The van der Waals surface area contributed by atoms with Crippen molar-refractivity contribution < 1.29 is 22.7 Å². The van der Waals surface area contributed by atoms with Gasteiger partial charge in [0.2, 0.25) is 0 Å². The van der Waals surface area contributed by atoms with E-state index in [2.05, 4.69) is 16.8 Å². The Morgan fingerprint density at radius 1 is 1.37 bits per heavy atom. The fourth-order valence-corrected chi connectivity index (χ4v) is 3.64. The summed E-state index contributed by atoms with van der Waals surface area (Å²) in [7, 11) is 0. The van der Waals surface area contributed by atoms with E-state index in [1.165, 1.54) is 4.90 Å². The molecule has 1 N–H and O–H groups in total. The van der Waals surface area contributed by atoms with Crippen LogP contribution in [-0.4, -0.2) is 60.8 Å². The van der Waals surface area contributed by atoms with Crippen LogP contribution in [0.4, 0.5) is 13.2 Å². The van der Waals surface area contributed by atoms with Gasteiger partial charge in [-0.2, -0.15) is 13.2 Å². The van der Waals surface area contributed by atoms with Gasteiger partial charge in [0, 0.05) is 36.9 Å². The zero-order chi connectivity index (χ0) is 20.2. The summed E-state index contributed by atoms with van der Waals surface area (Å²) in [5.41, 5.74) is 1.82. The number of dihydropyridines is 1. The lowest BCUT2D eigenvalue weighted by molar-refractivity contribution is -0.148. The Hall–Kier alpha value is -1.96. The van der Waals surface area contributed by atoms with Gasteiger partial charge in [0.1, 0.15) is 5.82 Å². The number of halogens is 3. The number of ether oxygens (including phenoxy) is 1. The highest BCUT2D eigenvalue weighted by Gasteiger charge is 2.34. The van der Waals surface area contributed by atoms with Crippen molar-refractivity contribution in [3.05, 3.63) is 35.3 Å². The molecule has 0 aromatic rings. The van der Waals surface area contributed by atoms with E-state index < -0.39 is 18.7 Å². The topological polar surface area (TPSA) is 44.8 Å². The van der Waals surface area contributed by atoms with E-state index in [0.29, 0.717) is 43.7 Å². The Balaban J connectivity index is 2.14. The van der Waals surface area contributed by atoms with Crippen molar-refractivity contribution in [2.24, 2.45) is 0 Å². The van der Waals surface area contributed by atoms with E-state index in [1.54, 1.807) is 13.0 Å². The first kappa shape index (κ1) is 21.3. The highest BCUT2D eigenvalue weighted by atomic mass is 19.4. The Kier molecular flexibility index (Phi) is 6.97. The molecule has 152 valence electrons. The molecule has 0 radical (unpaired) electrons. The molecule has 27 heavy (non-hydrogen) atoms. The molecule has 0 atom stereocenters. The Bertz CT molecular complexity index is 633. The average Bonchev–Trinajstić information content (AvgIpc) is 2.58.